The smallest absolute Gasteiger partial charge is 0.0929 e. The van der Waals surface area contributed by atoms with Gasteiger partial charge in [-0.3, -0.25) is 4.90 Å². The Bertz CT molecular complexity index is 880. The van der Waals surface area contributed by atoms with Gasteiger partial charge in [0.25, 0.3) is 0 Å². The molecule has 1 fully saturated rings. The monoisotopic (exact) mass is 385 g/mol. The Hall–Kier alpha value is -2.52. The minimum Gasteiger partial charge on any atom is -0.299 e. The summed E-state index contributed by atoms with van der Waals surface area (Å²) >= 11 is 0. The second kappa shape index (κ2) is 9.32. The van der Waals surface area contributed by atoms with Crippen molar-refractivity contribution in [2.45, 2.75) is 45.6 Å². The summed E-state index contributed by atoms with van der Waals surface area (Å²) in [4.78, 5) is 2.58. The molecule has 0 bridgehead atoms. The van der Waals surface area contributed by atoms with Crippen molar-refractivity contribution in [3.8, 4) is 11.3 Å². The molecule has 0 aliphatic carbocycles. The van der Waals surface area contributed by atoms with Gasteiger partial charge in [0.15, 0.2) is 0 Å². The maximum absolute atomic E-state index is 4.57. The minimum atomic E-state index is 0.289. The van der Waals surface area contributed by atoms with Crippen molar-refractivity contribution >= 4 is 0 Å². The summed E-state index contributed by atoms with van der Waals surface area (Å²) < 4.78 is 0. The molecule has 1 saturated heterocycles. The maximum atomic E-state index is 4.57. The van der Waals surface area contributed by atoms with Crippen molar-refractivity contribution in [1.29, 1.82) is 0 Å². The molecule has 4 rings (SSSR count). The first kappa shape index (κ1) is 19.8. The van der Waals surface area contributed by atoms with E-state index in [0.29, 0.717) is 0 Å². The summed E-state index contributed by atoms with van der Waals surface area (Å²) in [6.07, 6.45) is 3.67. The van der Waals surface area contributed by atoms with E-state index < -0.39 is 0 Å². The van der Waals surface area contributed by atoms with Gasteiger partial charge in [0, 0.05) is 18.0 Å². The van der Waals surface area contributed by atoms with E-state index in [4.69, 9.17) is 0 Å². The van der Waals surface area contributed by atoms with Crippen molar-refractivity contribution in [1.82, 2.24) is 15.1 Å². The summed E-state index contributed by atoms with van der Waals surface area (Å²) in [7, 11) is 0. The summed E-state index contributed by atoms with van der Waals surface area (Å²) in [5.41, 5.74) is 5.81. The van der Waals surface area contributed by atoms with Crippen LogP contribution in [0.1, 0.15) is 55.8 Å². The molecule has 1 aliphatic rings. The molecule has 3 nitrogen and oxygen atoms in total. The Morgan fingerprint density at radius 1 is 0.897 bits per heavy atom. The molecule has 0 spiro atoms. The zero-order chi connectivity index (χ0) is 20.1. The first-order valence-electron chi connectivity index (χ1n) is 10.9. The van der Waals surface area contributed by atoms with Crippen molar-refractivity contribution in [3.63, 3.8) is 0 Å². The van der Waals surface area contributed by atoms with Crippen LogP contribution in [0.3, 0.4) is 0 Å². The molecule has 3 aromatic rings. The van der Waals surface area contributed by atoms with Gasteiger partial charge in [-0.05, 0) is 61.5 Å². The van der Waals surface area contributed by atoms with E-state index in [2.05, 4.69) is 77.5 Å². The van der Waals surface area contributed by atoms with E-state index >= 15 is 0 Å². The molecule has 1 atom stereocenters. The quantitative estimate of drug-likeness (QED) is 0.527. The Balaban J connectivity index is 1.45. The molecular formula is C26H31N3. The average molecular weight is 386 g/mol. The van der Waals surface area contributed by atoms with Gasteiger partial charge in [0.05, 0.1) is 11.4 Å². The maximum Gasteiger partial charge on any atom is 0.0929 e. The molecule has 1 aliphatic heterocycles. The number of hydrogen-bond donors (Lipinski definition) is 0. The zero-order valence-electron chi connectivity index (χ0n) is 17.6. The summed E-state index contributed by atoms with van der Waals surface area (Å²) in [6, 6.07) is 23.6. The van der Waals surface area contributed by atoms with Gasteiger partial charge in [-0.25, -0.2) is 0 Å². The summed E-state index contributed by atoms with van der Waals surface area (Å²) in [5, 5.41) is 9.06. The van der Waals surface area contributed by atoms with Gasteiger partial charge in [-0.1, -0.05) is 68.4 Å². The van der Waals surface area contributed by atoms with Crippen molar-refractivity contribution in [2.24, 2.45) is 5.92 Å². The van der Waals surface area contributed by atoms with Gasteiger partial charge in [-0.15, -0.1) is 0 Å². The molecule has 2 aromatic carbocycles. The van der Waals surface area contributed by atoms with Crippen LogP contribution in [0.15, 0.2) is 66.7 Å². The molecule has 0 amide bonds. The fraction of sp³-hybridized carbons (Fsp3) is 0.385. The lowest BCUT2D eigenvalue weighted by Gasteiger charge is -2.30. The number of rotatable bonds is 6. The van der Waals surface area contributed by atoms with Crippen LogP contribution in [-0.2, 0) is 6.54 Å². The molecule has 1 unspecified atom stereocenters. The Kier molecular flexibility index (Phi) is 6.36. The second-order valence-corrected chi connectivity index (χ2v) is 8.37. The highest BCUT2D eigenvalue weighted by Crippen LogP contribution is 2.28. The fourth-order valence-corrected chi connectivity index (χ4v) is 4.24. The van der Waals surface area contributed by atoms with E-state index in [9.17, 15) is 0 Å². The van der Waals surface area contributed by atoms with Crippen LogP contribution >= 0.6 is 0 Å². The first-order chi connectivity index (χ1) is 14.2. The van der Waals surface area contributed by atoms with Crippen LogP contribution in [-0.4, -0.2) is 28.2 Å². The zero-order valence-corrected chi connectivity index (χ0v) is 17.6. The number of aromatic nitrogens is 2. The number of likely N-dealkylation sites (tertiary alicyclic amines) is 1. The molecule has 3 heteroatoms. The fourth-order valence-electron chi connectivity index (χ4n) is 4.24. The van der Waals surface area contributed by atoms with Crippen LogP contribution in [0.4, 0.5) is 0 Å². The van der Waals surface area contributed by atoms with E-state index in [1.807, 2.05) is 18.2 Å². The van der Waals surface area contributed by atoms with Crippen LogP contribution in [0.25, 0.3) is 11.3 Å². The standard InChI is InChI=1S/C26H31N3/c1-3-24(26-14-13-25(27-28-26)23-7-5-4-6-8-23)22-11-9-21(10-12-22)19-29-17-15-20(2)16-18-29/h4-14,20,24H,3,15-19H2,1-2H3. The molecule has 2 heterocycles. The Morgan fingerprint density at radius 3 is 2.24 bits per heavy atom. The molecular weight excluding hydrogens is 354 g/mol. The Morgan fingerprint density at radius 2 is 1.62 bits per heavy atom. The number of piperidine rings is 1. The molecule has 29 heavy (non-hydrogen) atoms. The van der Waals surface area contributed by atoms with Gasteiger partial charge >= 0.3 is 0 Å². The molecule has 0 N–H and O–H groups in total. The van der Waals surface area contributed by atoms with E-state index in [1.54, 1.807) is 0 Å². The van der Waals surface area contributed by atoms with E-state index in [1.165, 1.54) is 37.1 Å². The Labute approximate surface area is 174 Å². The van der Waals surface area contributed by atoms with Crippen LogP contribution < -0.4 is 0 Å². The van der Waals surface area contributed by atoms with Crippen molar-refractivity contribution < 1.29 is 0 Å². The number of benzene rings is 2. The molecule has 150 valence electrons. The predicted octanol–water partition coefficient (Wildman–Crippen LogP) is 5.92. The van der Waals surface area contributed by atoms with E-state index in [0.717, 1.165) is 35.8 Å². The predicted molar refractivity (Wildman–Crippen MR) is 120 cm³/mol. The SMILES string of the molecule is CCC(c1ccc(CN2CCC(C)CC2)cc1)c1ccc(-c2ccccc2)nn1. The van der Waals surface area contributed by atoms with Crippen molar-refractivity contribution in [2.75, 3.05) is 13.1 Å². The average Bonchev–Trinajstić information content (AvgIpc) is 2.78. The number of hydrogen-bond acceptors (Lipinski definition) is 3. The minimum absolute atomic E-state index is 0.289. The van der Waals surface area contributed by atoms with Gasteiger partial charge in [0.1, 0.15) is 0 Å². The van der Waals surface area contributed by atoms with Gasteiger partial charge in [-0.2, -0.15) is 10.2 Å². The normalized spacial score (nSPS) is 16.6. The highest BCUT2D eigenvalue weighted by Gasteiger charge is 2.17. The third kappa shape index (κ3) is 4.91. The molecule has 0 saturated carbocycles. The largest absolute Gasteiger partial charge is 0.299 e. The third-order valence-electron chi connectivity index (χ3n) is 6.18. The summed E-state index contributed by atoms with van der Waals surface area (Å²) in [6.45, 7) is 8.11. The van der Waals surface area contributed by atoms with Crippen molar-refractivity contribution in [3.05, 3.63) is 83.6 Å². The lowest BCUT2D eigenvalue weighted by Crippen LogP contribution is -2.32. The van der Waals surface area contributed by atoms with Crippen LogP contribution in [0.5, 0.6) is 0 Å². The topological polar surface area (TPSA) is 29.0 Å². The summed E-state index contributed by atoms with van der Waals surface area (Å²) in [5.74, 6) is 1.17. The molecule has 0 radical (unpaired) electrons. The third-order valence-corrected chi connectivity index (χ3v) is 6.18. The van der Waals surface area contributed by atoms with Gasteiger partial charge in [0.2, 0.25) is 0 Å². The lowest BCUT2D eigenvalue weighted by molar-refractivity contribution is 0.185. The lowest BCUT2D eigenvalue weighted by atomic mass is 9.92. The highest BCUT2D eigenvalue weighted by atomic mass is 15.1. The van der Waals surface area contributed by atoms with E-state index in [-0.39, 0.29) is 5.92 Å². The van der Waals surface area contributed by atoms with Crippen LogP contribution in [0, 0.1) is 5.92 Å². The van der Waals surface area contributed by atoms with Crippen LogP contribution in [0.2, 0.25) is 0 Å². The van der Waals surface area contributed by atoms with Gasteiger partial charge < -0.3 is 0 Å². The highest BCUT2D eigenvalue weighted by molar-refractivity contribution is 5.58. The molecule has 1 aromatic heterocycles. The first-order valence-corrected chi connectivity index (χ1v) is 10.9. The number of nitrogens with zero attached hydrogens (tertiary/aromatic N) is 3. The second-order valence-electron chi connectivity index (χ2n) is 8.37.